The summed E-state index contributed by atoms with van der Waals surface area (Å²) in [6.45, 7) is 2.35. The SMILES string of the molecule is CC1[C]([Ti+3])=C([SiH](c2ccccc2)c2ccccc2)c2ccccc21.[Cl-].[Cl-].[Cl-]. The Kier molecular flexibility index (Phi) is 9.57. The van der Waals surface area contributed by atoms with Gasteiger partial charge in [0, 0.05) is 0 Å². The van der Waals surface area contributed by atoms with E-state index in [9.17, 15) is 0 Å². The van der Waals surface area contributed by atoms with Crippen molar-refractivity contribution in [3.8, 4) is 0 Å². The Labute approximate surface area is 193 Å². The fraction of sp³-hybridized carbons (Fsp3) is 0.0909. The Hall–Kier alpha value is -0.799. The number of allylic oxidation sites excluding steroid dienone is 1. The van der Waals surface area contributed by atoms with Crippen molar-refractivity contribution in [3.63, 3.8) is 0 Å². The van der Waals surface area contributed by atoms with Gasteiger partial charge in [0.05, 0.1) is 0 Å². The smallest absolute Gasteiger partial charge is 1.00 e. The molecule has 4 rings (SSSR count). The molecule has 1 aliphatic rings. The Morgan fingerprint density at radius 1 is 0.667 bits per heavy atom. The molecule has 136 valence electrons. The Morgan fingerprint density at radius 2 is 1.11 bits per heavy atom. The van der Waals surface area contributed by atoms with Gasteiger partial charge >= 0.3 is 158 Å². The molecule has 0 bridgehead atoms. The average Bonchev–Trinajstić information content (AvgIpc) is 2.90. The summed E-state index contributed by atoms with van der Waals surface area (Å²) in [6, 6.07) is 31.2. The molecule has 0 N–H and O–H groups in total. The number of hydrogen-bond acceptors (Lipinski definition) is 0. The van der Waals surface area contributed by atoms with E-state index in [0.717, 1.165) is 0 Å². The van der Waals surface area contributed by atoms with Crippen LogP contribution < -0.4 is 47.6 Å². The normalized spacial score (nSPS) is 14.7. The molecule has 3 aromatic carbocycles. The van der Waals surface area contributed by atoms with Gasteiger partial charge in [-0.05, 0) is 0 Å². The van der Waals surface area contributed by atoms with E-state index < -0.39 is 8.80 Å². The van der Waals surface area contributed by atoms with Gasteiger partial charge in [-0.1, -0.05) is 0 Å². The first kappa shape index (κ1) is 24.2. The summed E-state index contributed by atoms with van der Waals surface area (Å²) >= 11 is 2.34. The molecule has 0 aliphatic heterocycles. The molecular formula is C22H19Cl3SiTi. The van der Waals surface area contributed by atoms with Crippen LogP contribution in [0.3, 0.4) is 0 Å². The minimum Gasteiger partial charge on any atom is -1.00 e. The molecule has 1 unspecified atom stereocenters. The van der Waals surface area contributed by atoms with Gasteiger partial charge in [-0.2, -0.15) is 0 Å². The van der Waals surface area contributed by atoms with Crippen LogP contribution in [0.25, 0.3) is 5.20 Å². The van der Waals surface area contributed by atoms with Gasteiger partial charge in [0.25, 0.3) is 0 Å². The number of fused-ring (bicyclic) bond motifs is 1. The van der Waals surface area contributed by atoms with Crippen molar-refractivity contribution in [2.24, 2.45) is 0 Å². The Morgan fingerprint density at radius 3 is 1.63 bits per heavy atom. The molecule has 3 aromatic rings. The van der Waals surface area contributed by atoms with Gasteiger partial charge in [0.2, 0.25) is 0 Å². The molecule has 1 aliphatic carbocycles. The summed E-state index contributed by atoms with van der Waals surface area (Å²) in [5.41, 5.74) is 2.97. The molecule has 0 spiro atoms. The van der Waals surface area contributed by atoms with E-state index in [4.69, 9.17) is 0 Å². The Balaban J connectivity index is 0.00000121. The van der Waals surface area contributed by atoms with Gasteiger partial charge in [0.1, 0.15) is 0 Å². The van der Waals surface area contributed by atoms with E-state index in [0.29, 0.717) is 5.92 Å². The molecule has 0 fully saturated rings. The van der Waals surface area contributed by atoms with Crippen LogP contribution >= 0.6 is 0 Å². The van der Waals surface area contributed by atoms with Crippen LogP contribution in [-0.4, -0.2) is 8.80 Å². The minimum absolute atomic E-state index is 0. The van der Waals surface area contributed by atoms with Crippen LogP contribution in [0.1, 0.15) is 24.0 Å². The van der Waals surface area contributed by atoms with Gasteiger partial charge in [0.15, 0.2) is 0 Å². The van der Waals surface area contributed by atoms with E-state index in [1.54, 1.807) is 9.07 Å². The molecule has 0 radical (unpaired) electrons. The number of halogens is 3. The zero-order valence-electron chi connectivity index (χ0n) is 14.9. The molecule has 0 saturated carbocycles. The molecule has 1 atom stereocenters. The van der Waals surface area contributed by atoms with Crippen molar-refractivity contribution < 1.29 is 57.7 Å². The van der Waals surface area contributed by atoms with Gasteiger partial charge in [-0.25, -0.2) is 0 Å². The zero-order chi connectivity index (χ0) is 16.5. The van der Waals surface area contributed by atoms with Crippen LogP contribution in [0.2, 0.25) is 0 Å². The maximum Gasteiger partial charge on any atom is -1.00 e. The summed E-state index contributed by atoms with van der Waals surface area (Å²) in [6.07, 6.45) is 0. The second-order valence-corrected chi connectivity index (χ2v) is 10.0. The topological polar surface area (TPSA) is 0 Å². The molecular weight excluding hydrogens is 447 g/mol. The number of hydrogen-bond donors (Lipinski definition) is 0. The number of benzene rings is 3. The maximum absolute atomic E-state index is 2.35. The predicted octanol–water partition coefficient (Wildman–Crippen LogP) is -5.35. The standard InChI is InChI=1S/C22H19Si.3ClH.Ti/c1-17-16-22(21-15-9-8-14-20(17)21)23(18-10-4-2-5-11-18)19-12-6-3-7-13-19;;;;/h2-15,17,23H,1H3;3*1H;/q;;;;+3/p-3. The van der Waals surface area contributed by atoms with E-state index >= 15 is 0 Å². The van der Waals surface area contributed by atoms with Crippen molar-refractivity contribution in [2.45, 2.75) is 12.8 Å². The Bertz CT molecular complexity index is 858. The van der Waals surface area contributed by atoms with Crippen molar-refractivity contribution in [1.82, 2.24) is 0 Å². The predicted molar refractivity (Wildman–Crippen MR) is 101 cm³/mol. The molecule has 0 heterocycles. The molecule has 0 aromatic heterocycles. The van der Waals surface area contributed by atoms with Gasteiger partial charge in [-0.3, -0.25) is 0 Å². The van der Waals surface area contributed by atoms with Crippen molar-refractivity contribution in [1.29, 1.82) is 0 Å². The van der Waals surface area contributed by atoms with Crippen LogP contribution in [0, 0.1) is 0 Å². The minimum atomic E-state index is -1.46. The molecule has 5 heteroatoms. The summed E-state index contributed by atoms with van der Waals surface area (Å²) in [5.74, 6) is 0.527. The van der Waals surface area contributed by atoms with E-state index in [1.807, 2.05) is 0 Å². The van der Waals surface area contributed by atoms with Gasteiger partial charge in [-0.15, -0.1) is 0 Å². The zero-order valence-corrected chi connectivity index (χ0v) is 19.9. The third kappa shape index (κ3) is 4.62. The summed E-state index contributed by atoms with van der Waals surface area (Å²) in [4.78, 5) is 0. The average molecular weight is 466 g/mol. The summed E-state index contributed by atoms with van der Waals surface area (Å²) in [5, 5.41) is 4.62. The second kappa shape index (κ2) is 10.7. The first-order chi connectivity index (χ1) is 11.8. The third-order valence-corrected chi connectivity index (χ3v) is 9.85. The van der Waals surface area contributed by atoms with Crippen LogP contribution in [0.4, 0.5) is 0 Å². The quantitative estimate of drug-likeness (QED) is 0.339. The fourth-order valence-electron chi connectivity index (χ4n) is 3.78. The summed E-state index contributed by atoms with van der Waals surface area (Å²) < 4.78 is 1.56. The van der Waals surface area contributed by atoms with Gasteiger partial charge < -0.3 is 37.2 Å². The monoisotopic (exact) mass is 464 g/mol. The first-order valence-electron chi connectivity index (χ1n) is 8.42. The second-order valence-electron chi connectivity index (χ2n) is 6.39. The van der Waals surface area contributed by atoms with Crippen LogP contribution in [0.5, 0.6) is 0 Å². The van der Waals surface area contributed by atoms with Crippen molar-refractivity contribution in [2.75, 3.05) is 0 Å². The molecule has 0 saturated heterocycles. The first-order valence-corrected chi connectivity index (χ1v) is 10.9. The molecule has 0 nitrogen and oxygen atoms in total. The third-order valence-electron chi connectivity index (χ3n) is 5.00. The van der Waals surface area contributed by atoms with E-state index in [2.05, 4.69) is 112 Å². The molecule has 27 heavy (non-hydrogen) atoms. The molecule has 0 amide bonds. The summed E-state index contributed by atoms with van der Waals surface area (Å²) in [7, 11) is -1.46. The fourth-order valence-corrected chi connectivity index (χ4v) is 8.31. The number of rotatable bonds is 3. The van der Waals surface area contributed by atoms with Crippen LogP contribution in [0.15, 0.2) is 88.8 Å². The van der Waals surface area contributed by atoms with Crippen LogP contribution in [-0.2, 0) is 20.4 Å². The largest absolute Gasteiger partial charge is 1.00 e. The van der Waals surface area contributed by atoms with E-state index in [-0.39, 0.29) is 37.2 Å². The maximum atomic E-state index is 2.35. The van der Waals surface area contributed by atoms with E-state index in [1.165, 1.54) is 21.5 Å². The van der Waals surface area contributed by atoms with Crippen molar-refractivity contribution >= 4 is 24.4 Å². The van der Waals surface area contributed by atoms with Crippen molar-refractivity contribution in [3.05, 3.63) is 99.9 Å².